The van der Waals surface area contributed by atoms with Gasteiger partial charge in [0.05, 0.1) is 12.3 Å². The molecule has 0 aliphatic heterocycles. The van der Waals surface area contributed by atoms with Gasteiger partial charge in [-0.15, -0.1) is 0 Å². The highest BCUT2D eigenvalue weighted by Crippen LogP contribution is 2.20. The summed E-state index contributed by atoms with van der Waals surface area (Å²) in [5.74, 6) is -0.310. The Kier molecular flexibility index (Phi) is 2.72. The molecular weight excluding hydrogens is 232 g/mol. The fourth-order valence-electron chi connectivity index (χ4n) is 1.40. The average molecular weight is 241 g/mol. The molecule has 3 N–H and O–H groups in total. The largest absolute Gasteiger partial charge is 0.493 e. The minimum atomic E-state index is -0.528. The van der Waals surface area contributed by atoms with E-state index in [4.69, 9.17) is 16.7 Å². The van der Waals surface area contributed by atoms with Gasteiger partial charge in [-0.05, 0) is 18.2 Å². The molecule has 0 spiro atoms. The first kappa shape index (κ1) is 10.8. The Morgan fingerprint density at radius 1 is 1.44 bits per heavy atom. The Morgan fingerprint density at radius 3 is 2.75 bits per heavy atom. The van der Waals surface area contributed by atoms with Gasteiger partial charge in [-0.1, -0.05) is 17.7 Å². The zero-order chi connectivity index (χ0) is 11.7. The molecule has 2 aromatic rings. The topological polar surface area (TPSA) is 78.2 Å². The molecule has 0 unspecified atom stereocenters. The Balaban J connectivity index is 2.61. The van der Waals surface area contributed by atoms with Crippen LogP contribution in [0.1, 0.15) is 5.56 Å². The van der Waals surface area contributed by atoms with E-state index in [1.807, 2.05) is 0 Å². The SMILES string of the molecule is O=c1[nH]n(-c2cccc(Cl)c2)c(O)c1CO. The van der Waals surface area contributed by atoms with Gasteiger partial charge < -0.3 is 10.2 Å². The first-order valence-electron chi connectivity index (χ1n) is 4.53. The summed E-state index contributed by atoms with van der Waals surface area (Å²) in [6.45, 7) is -0.519. The van der Waals surface area contributed by atoms with Crippen LogP contribution in [0.3, 0.4) is 0 Å². The van der Waals surface area contributed by atoms with Gasteiger partial charge in [0.15, 0.2) is 0 Å². The maximum Gasteiger partial charge on any atom is 0.273 e. The number of benzene rings is 1. The van der Waals surface area contributed by atoms with Gasteiger partial charge >= 0.3 is 0 Å². The first-order chi connectivity index (χ1) is 7.63. The summed E-state index contributed by atoms with van der Waals surface area (Å²) >= 11 is 5.79. The lowest BCUT2D eigenvalue weighted by molar-refractivity contribution is 0.273. The number of aromatic nitrogens is 2. The van der Waals surface area contributed by atoms with Crippen LogP contribution < -0.4 is 5.56 Å². The second-order valence-corrected chi connectivity index (χ2v) is 3.65. The molecule has 0 aliphatic rings. The summed E-state index contributed by atoms with van der Waals surface area (Å²) < 4.78 is 1.17. The number of aliphatic hydroxyl groups excluding tert-OH is 1. The molecule has 0 fully saturated rings. The molecule has 0 amide bonds. The summed E-state index contributed by atoms with van der Waals surface area (Å²) in [6, 6.07) is 6.62. The molecule has 1 aromatic carbocycles. The molecule has 16 heavy (non-hydrogen) atoms. The summed E-state index contributed by atoms with van der Waals surface area (Å²) in [6.07, 6.45) is 0. The number of rotatable bonds is 2. The Hall–Kier alpha value is -1.72. The minimum Gasteiger partial charge on any atom is -0.493 e. The third-order valence-electron chi connectivity index (χ3n) is 2.19. The van der Waals surface area contributed by atoms with E-state index in [-0.39, 0.29) is 11.4 Å². The molecule has 84 valence electrons. The Labute approximate surface area is 95.5 Å². The third kappa shape index (κ3) is 1.70. The predicted octanol–water partition coefficient (Wildman–Crippen LogP) is 1.02. The van der Waals surface area contributed by atoms with E-state index in [0.717, 1.165) is 0 Å². The number of nitrogens with one attached hydrogen (secondary N) is 1. The van der Waals surface area contributed by atoms with Crippen LogP contribution in [-0.2, 0) is 6.61 Å². The van der Waals surface area contributed by atoms with Crippen LogP contribution in [0.5, 0.6) is 5.88 Å². The van der Waals surface area contributed by atoms with Crippen molar-refractivity contribution in [3.05, 3.63) is 45.2 Å². The average Bonchev–Trinajstić information content (AvgIpc) is 2.54. The molecule has 5 nitrogen and oxygen atoms in total. The maximum absolute atomic E-state index is 11.3. The van der Waals surface area contributed by atoms with Crippen LogP contribution >= 0.6 is 11.6 Å². The fourth-order valence-corrected chi connectivity index (χ4v) is 1.59. The lowest BCUT2D eigenvalue weighted by Crippen LogP contribution is -2.06. The van der Waals surface area contributed by atoms with Crippen molar-refractivity contribution in [3.8, 4) is 11.6 Å². The van der Waals surface area contributed by atoms with Crippen molar-refractivity contribution in [2.45, 2.75) is 6.61 Å². The number of halogens is 1. The smallest absolute Gasteiger partial charge is 0.273 e. The minimum absolute atomic E-state index is 0.0695. The molecule has 1 aromatic heterocycles. The number of aliphatic hydroxyl groups is 1. The van der Waals surface area contributed by atoms with Gasteiger partial charge in [-0.2, -0.15) is 0 Å². The molecule has 0 saturated heterocycles. The molecule has 0 bridgehead atoms. The molecule has 0 aliphatic carbocycles. The zero-order valence-electron chi connectivity index (χ0n) is 8.14. The van der Waals surface area contributed by atoms with E-state index in [1.165, 1.54) is 4.68 Å². The van der Waals surface area contributed by atoms with E-state index in [2.05, 4.69) is 5.10 Å². The molecule has 0 atom stereocenters. The van der Waals surface area contributed by atoms with E-state index in [9.17, 15) is 9.90 Å². The molecule has 1 heterocycles. The normalized spacial score (nSPS) is 10.6. The van der Waals surface area contributed by atoms with E-state index >= 15 is 0 Å². The fraction of sp³-hybridized carbons (Fsp3) is 0.100. The van der Waals surface area contributed by atoms with Crippen molar-refractivity contribution in [2.75, 3.05) is 0 Å². The highest BCUT2D eigenvalue weighted by Gasteiger charge is 2.13. The number of aromatic hydroxyl groups is 1. The van der Waals surface area contributed by atoms with Gasteiger partial charge in [-0.3, -0.25) is 9.89 Å². The predicted molar refractivity (Wildman–Crippen MR) is 59.0 cm³/mol. The first-order valence-corrected chi connectivity index (χ1v) is 4.91. The molecular formula is C10H9ClN2O3. The molecule has 2 rings (SSSR count). The van der Waals surface area contributed by atoms with Gasteiger partial charge in [0, 0.05) is 5.02 Å². The lowest BCUT2D eigenvalue weighted by Gasteiger charge is -2.04. The highest BCUT2D eigenvalue weighted by molar-refractivity contribution is 6.30. The van der Waals surface area contributed by atoms with Crippen LogP contribution in [0, 0.1) is 0 Å². The molecule has 6 heteroatoms. The van der Waals surface area contributed by atoms with Crippen molar-refractivity contribution >= 4 is 11.6 Å². The van der Waals surface area contributed by atoms with Crippen molar-refractivity contribution in [2.24, 2.45) is 0 Å². The number of hydrogen-bond acceptors (Lipinski definition) is 3. The highest BCUT2D eigenvalue weighted by atomic mass is 35.5. The van der Waals surface area contributed by atoms with Gasteiger partial charge in [0.25, 0.3) is 5.56 Å². The van der Waals surface area contributed by atoms with Crippen LogP contribution in [0.4, 0.5) is 0 Å². The zero-order valence-corrected chi connectivity index (χ0v) is 8.90. The third-order valence-corrected chi connectivity index (χ3v) is 2.43. The van der Waals surface area contributed by atoms with E-state index < -0.39 is 12.2 Å². The molecule has 0 saturated carbocycles. The van der Waals surface area contributed by atoms with Crippen LogP contribution in [0.25, 0.3) is 5.69 Å². The summed E-state index contributed by atoms with van der Waals surface area (Å²) in [5, 5.41) is 21.5. The van der Waals surface area contributed by atoms with Crippen LogP contribution in [-0.4, -0.2) is 20.0 Å². The van der Waals surface area contributed by atoms with E-state index in [1.54, 1.807) is 24.3 Å². The number of nitrogens with zero attached hydrogens (tertiary/aromatic N) is 1. The molecule has 0 radical (unpaired) electrons. The second-order valence-electron chi connectivity index (χ2n) is 3.22. The Bertz CT molecular complexity index is 574. The van der Waals surface area contributed by atoms with Crippen molar-refractivity contribution in [1.82, 2.24) is 9.78 Å². The van der Waals surface area contributed by atoms with Gasteiger partial charge in [-0.25, -0.2) is 4.68 Å². The lowest BCUT2D eigenvalue weighted by atomic mass is 10.3. The van der Waals surface area contributed by atoms with Crippen molar-refractivity contribution in [3.63, 3.8) is 0 Å². The Morgan fingerprint density at radius 2 is 2.19 bits per heavy atom. The summed E-state index contributed by atoms with van der Waals surface area (Å²) in [5.41, 5.74) is -0.0817. The van der Waals surface area contributed by atoms with Gasteiger partial charge in [0.2, 0.25) is 5.88 Å². The maximum atomic E-state index is 11.3. The summed E-state index contributed by atoms with van der Waals surface area (Å²) in [7, 11) is 0. The van der Waals surface area contributed by atoms with Crippen LogP contribution in [0.2, 0.25) is 5.02 Å². The van der Waals surface area contributed by atoms with Crippen molar-refractivity contribution in [1.29, 1.82) is 0 Å². The number of hydrogen-bond donors (Lipinski definition) is 3. The monoisotopic (exact) mass is 240 g/mol. The van der Waals surface area contributed by atoms with Gasteiger partial charge in [0.1, 0.15) is 5.56 Å². The second kappa shape index (κ2) is 4.03. The number of aromatic amines is 1. The van der Waals surface area contributed by atoms with E-state index in [0.29, 0.717) is 10.7 Å². The standard InChI is InChI=1S/C10H9ClN2O3/c11-6-2-1-3-7(4-6)13-10(16)8(5-14)9(15)12-13/h1-4,14,16H,5H2,(H,12,15). The number of H-pyrrole nitrogens is 1. The summed E-state index contributed by atoms with van der Waals surface area (Å²) in [4.78, 5) is 11.3. The van der Waals surface area contributed by atoms with Crippen LogP contribution in [0.15, 0.2) is 29.1 Å². The van der Waals surface area contributed by atoms with Crippen molar-refractivity contribution < 1.29 is 10.2 Å². The quantitative estimate of drug-likeness (QED) is 0.733.